The van der Waals surface area contributed by atoms with Crippen LogP contribution in [-0.4, -0.2) is 5.91 Å². The number of benzene rings is 2. The molecule has 0 aliphatic rings. The summed E-state index contributed by atoms with van der Waals surface area (Å²) in [5.41, 5.74) is 8.76. The molecule has 2 rings (SSSR count). The highest BCUT2D eigenvalue weighted by Gasteiger charge is 2.13. The van der Waals surface area contributed by atoms with Crippen molar-refractivity contribution in [3.63, 3.8) is 0 Å². The van der Waals surface area contributed by atoms with Gasteiger partial charge in [-0.25, -0.2) is 4.39 Å². The van der Waals surface area contributed by atoms with E-state index in [1.807, 2.05) is 19.1 Å². The molecule has 0 saturated heterocycles. The summed E-state index contributed by atoms with van der Waals surface area (Å²) in [6, 6.07) is 8.88. The number of hydrogen-bond acceptors (Lipinski definition) is 3. The van der Waals surface area contributed by atoms with Crippen LogP contribution in [-0.2, 0) is 0 Å². The minimum atomic E-state index is -0.527. The number of carbonyl (C=O) groups excluding carboxylic acids is 1. The molecule has 0 spiro atoms. The Hall–Kier alpha value is -2.87. The largest absolute Gasteiger partial charge is 0.398 e. The summed E-state index contributed by atoms with van der Waals surface area (Å²) in [4.78, 5) is 12.3. The van der Waals surface area contributed by atoms with Crippen molar-refractivity contribution in [3.05, 3.63) is 58.4 Å². The number of halogens is 1. The number of hydrogen-bond donors (Lipinski definition) is 2. The van der Waals surface area contributed by atoms with Crippen LogP contribution in [0.4, 0.5) is 15.8 Å². The van der Waals surface area contributed by atoms with Gasteiger partial charge in [-0.1, -0.05) is 6.07 Å². The molecule has 0 radical (unpaired) electrons. The van der Waals surface area contributed by atoms with Crippen LogP contribution in [0.2, 0.25) is 0 Å². The molecule has 0 aliphatic carbocycles. The average Bonchev–Trinajstić information content (AvgIpc) is 2.44. The van der Waals surface area contributed by atoms with E-state index in [-0.39, 0.29) is 17.2 Å². The molecule has 1 amide bonds. The monoisotopic (exact) mass is 283 g/mol. The third kappa shape index (κ3) is 3.00. The van der Waals surface area contributed by atoms with Gasteiger partial charge < -0.3 is 11.1 Å². The Kier molecular flexibility index (Phi) is 3.90. The van der Waals surface area contributed by atoms with Crippen LogP contribution in [0.5, 0.6) is 0 Å². The van der Waals surface area contributed by atoms with Crippen LogP contribution in [0.3, 0.4) is 0 Å². The first kappa shape index (κ1) is 14.5. The molecule has 0 bridgehead atoms. The van der Waals surface area contributed by atoms with Gasteiger partial charge in [0.25, 0.3) is 5.91 Å². The molecule has 2 aromatic carbocycles. The molecule has 0 saturated carbocycles. The van der Waals surface area contributed by atoms with Crippen molar-refractivity contribution in [3.8, 4) is 6.07 Å². The molecule has 0 aromatic heterocycles. The van der Waals surface area contributed by atoms with E-state index in [2.05, 4.69) is 5.32 Å². The molecule has 106 valence electrons. The number of nitrogen functional groups attached to an aromatic ring is 1. The topological polar surface area (TPSA) is 78.9 Å². The van der Waals surface area contributed by atoms with Crippen molar-refractivity contribution in [2.45, 2.75) is 13.8 Å². The standard InChI is InChI=1S/C16H14FN3O/c1-9-5-10(2)14(19)7-13(9)16(21)20-15-4-3-12(17)6-11(15)8-18/h3-7H,19H2,1-2H3,(H,20,21). The van der Waals surface area contributed by atoms with E-state index in [1.54, 1.807) is 13.0 Å². The number of nitriles is 1. The number of rotatable bonds is 2. The third-order valence-corrected chi connectivity index (χ3v) is 3.21. The number of nitrogens with two attached hydrogens (primary N) is 1. The van der Waals surface area contributed by atoms with Gasteiger partial charge in [-0.3, -0.25) is 4.79 Å². The minimum Gasteiger partial charge on any atom is -0.398 e. The van der Waals surface area contributed by atoms with Crippen LogP contribution in [0.1, 0.15) is 27.0 Å². The van der Waals surface area contributed by atoms with Crippen LogP contribution < -0.4 is 11.1 Å². The van der Waals surface area contributed by atoms with Crippen LogP contribution in [0.15, 0.2) is 30.3 Å². The van der Waals surface area contributed by atoms with Crippen molar-refractivity contribution in [1.29, 1.82) is 5.26 Å². The number of carbonyl (C=O) groups is 1. The predicted octanol–water partition coefficient (Wildman–Crippen LogP) is 3.15. The van der Waals surface area contributed by atoms with Gasteiger partial charge in [0.15, 0.2) is 0 Å². The Morgan fingerprint density at radius 2 is 1.95 bits per heavy atom. The molecule has 0 heterocycles. The van der Waals surface area contributed by atoms with Crippen LogP contribution in [0, 0.1) is 31.0 Å². The van der Waals surface area contributed by atoms with Gasteiger partial charge >= 0.3 is 0 Å². The Bertz CT molecular complexity index is 763. The van der Waals surface area contributed by atoms with Crippen LogP contribution in [0.25, 0.3) is 0 Å². The summed E-state index contributed by atoms with van der Waals surface area (Å²) in [5.74, 6) is -0.914. The molecular weight excluding hydrogens is 269 g/mol. The molecular formula is C16H14FN3O. The van der Waals surface area contributed by atoms with E-state index < -0.39 is 5.82 Å². The van der Waals surface area contributed by atoms with E-state index >= 15 is 0 Å². The highest BCUT2D eigenvalue weighted by Crippen LogP contribution is 2.21. The van der Waals surface area contributed by atoms with Gasteiger partial charge in [0.2, 0.25) is 0 Å². The van der Waals surface area contributed by atoms with Gasteiger partial charge in [-0.05, 0) is 49.2 Å². The number of aryl methyl sites for hydroxylation is 2. The molecule has 4 nitrogen and oxygen atoms in total. The third-order valence-electron chi connectivity index (χ3n) is 3.21. The maximum atomic E-state index is 13.1. The fraction of sp³-hybridized carbons (Fsp3) is 0.125. The zero-order valence-corrected chi connectivity index (χ0v) is 11.7. The Morgan fingerprint density at radius 3 is 2.62 bits per heavy atom. The lowest BCUT2D eigenvalue weighted by atomic mass is 10.0. The van der Waals surface area contributed by atoms with Crippen molar-refractivity contribution >= 4 is 17.3 Å². The van der Waals surface area contributed by atoms with Gasteiger partial charge in [0.05, 0.1) is 11.3 Å². The van der Waals surface area contributed by atoms with E-state index in [4.69, 9.17) is 11.0 Å². The molecule has 5 heteroatoms. The summed E-state index contributed by atoms with van der Waals surface area (Å²) in [7, 11) is 0. The second-order valence-electron chi connectivity index (χ2n) is 4.78. The highest BCUT2D eigenvalue weighted by molar-refractivity contribution is 6.06. The molecule has 3 N–H and O–H groups in total. The molecule has 0 atom stereocenters. The molecule has 21 heavy (non-hydrogen) atoms. The van der Waals surface area contributed by atoms with Crippen LogP contribution >= 0.6 is 0 Å². The van der Waals surface area contributed by atoms with Crippen molar-refractivity contribution in [2.75, 3.05) is 11.1 Å². The second-order valence-corrected chi connectivity index (χ2v) is 4.78. The second kappa shape index (κ2) is 5.63. The lowest BCUT2D eigenvalue weighted by molar-refractivity contribution is 0.102. The zero-order valence-electron chi connectivity index (χ0n) is 11.7. The number of nitrogens with one attached hydrogen (secondary N) is 1. The molecule has 0 aliphatic heterocycles. The Labute approximate surface area is 122 Å². The van der Waals surface area contributed by atoms with Gasteiger partial charge in [0, 0.05) is 11.3 Å². The maximum absolute atomic E-state index is 13.1. The van der Waals surface area contributed by atoms with Gasteiger partial charge in [0.1, 0.15) is 11.9 Å². The SMILES string of the molecule is Cc1cc(C)c(C(=O)Nc2ccc(F)cc2C#N)cc1N. The Morgan fingerprint density at radius 1 is 1.24 bits per heavy atom. The zero-order chi connectivity index (χ0) is 15.6. The average molecular weight is 283 g/mol. The fourth-order valence-corrected chi connectivity index (χ4v) is 2.02. The number of amides is 1. The lowest BCUT2D eigenvalue weighted by Crippen LogP contribution is -2.15. The molecule has 2 aromatic rings. The van der Waals surface area contributed by atoms with E-state index in [0.717, 1.165) is 17.2 Å². The minimum absolute atomic E-state index is 0.0705. The van der Waals surface area contributed by atoms with Gasteiger partial charge in [-0.2, -0.15) is 5.26 Å². The smallest absolute Gasteiger partial charge is 0.256 e. The maximum Gasteiger partial charge on any atom is 0.256 e. The molecule has 0 fully saturated rings. The van der Waals surface area contributed by atoms with E-state index in [0.29, 0.717) is 11.3 Å². The summed E-state index contributed by atoms with van der Waals surface area (Å²) < 4.78 is 13.1. The first-order chi connectivity index (χ1) is 9.92. The lowest BCUT2D eigenvalue weighted by Gasteiger charge is -2.11. The summed E-state index contributed by atoms with van der Waals surface area (Å²) in [6.45, 7) is 3.66. The summed E-state index contributed by atoms with van der Waals surface area (Å²) in [5, 5.41) is 11.6. The highest BCUT2D eigenvalue weighted by atomic mass is 19.1. The van der Waals surface area contributed by atoms with Crippen molar-refractivity contribution < 1.29 is 9.18 Å². The van der Waals surface area contributed by atoms with Crippen molar-refractivity contribution in [2.24, 2.45) is 0 Å². The molecule has 0 unspecified atom stereocenters. The fourth-order valence-electron chi connectivity index (χ4n) is 2.02. The number of nitrogens with zero attached hydrogens (tertiary/aromatic N) is 1. The Balaban J connectivity index is 2.35. The van der Waals surface area contributed by atoms with E-state index in [9.17, 15) is 9.18 Å². The van der Waals surface area contributed by atoms with Gasteiger partial charge in [-0.15, -0.1) is 0 Å². The summed E-state index contributed by atoms with van der Waals surface area (Å²) >= 11 is 0. The normalized spacial score (nSPS) is 10.0. The quantitative estimate of drug-likeness (QED) is 0.831. The van der Waals surface area contributed by atoms with E-state index in [1.165, 1.54) is 12.1 Å². The predicted molar refractivity (Wildman–Crippen MR) is 79.4 cm³/mol. The number of anilines is 2. The first-order valence-electron chi connectivity index (χ1n) is 6.30. The summed E-state index contributed by atoms with van der Waals surface area (Å²) in [6.07, 6.45) is 0. The first-order valence-corrected chi connectivity index (χ1v) is 6.30. The van der Waals surface area contributed by atoms with Crippen molar-refractivity contribution in [1.82, 2.24) is 0 Å².